The second kappa shape index (κ2) is 5.69. The lowest BCUT2D eigenvalue weighted by Gasteiger charge is -2.34. The molecule has 1 aromatic rings. The zero-order valence-electron chi connectivity index (χ0n) is 11.7. The summed E-state index contributed by atoms with van der Waals surface area (Å²) in [6.07, 6.45) is 3.48. The van der Waals surface area contributed by atoms with Gasteiger partial charge in [0.05, 0.1) is 19.6 Å². The van der Waals surface area contributed by atoms with Crippen LogP contribution >= 0.6 is 0 Å². The number of methoxy groups -OCH3 is 2. The number of benzene rings is 1. The molecule has 0 saturated heterocycles. The molecule has 0 aromatic heterocycles. The molecule has 1 aliphatic carbocycles. The molecule has 1 N–H and O–H groups in total. The van der Waals surface area contributed by atoms with E-state index in [1.54, 1.807) is 0 Å². The van der Waals surface area contributed by atoms with Crippen LogP contribution in [0.5, 0.6) is 11.5 Å². The van der Waals surface area contributed by atoms with Gasteiger partial charge in [0.1, 0.15) is 5.82 Å². The van der Waals surface area contributed by atoms with Gasteiger partial charge >= 0.3 is 5.97 Å². The Bertz CT molecular complexity index is 507. The summed E-state index contributed by atoms with van der Waals surface area (Å²) < 4.78 is 24.5. The fourth-order valence-corrected chi connectivity index (χ4v) is 2.97. The van der Waals surface area contributed by atoms with Gasteiger partial charge in [-0.15, -0.1) is 0 Å². The van der Waals surface area contributed by atoms with Crippen molar-refractivity contribution in [2.24, 2.45) is 0 Å². The molecule has 0 atom stereocenters. The first kappa shape index (κ1) is 14.6. The summed E-state index contributed by atoms with van der Waals surface area (Å²) in [5, 5.41) is 9.62. The van der Waals surface area contributed by atoms with E-state index in [-0.39, 0.29) is 11.3 Å². The smallest absolute Gasteiger partial charge is 0.314 e. The predicted octanol–water partition coefficient (Wildman–Crippen LogP) is 3.13. The van der Waals surface area contributed by atoms with Gasteiger partial charge in [0, 0.05) is 11.6 Å². The normalized spacial score (nSPS) is 17.6. The Morgan fingerprint density at radius 2 is 1.70 bits per heavy atom. The molecule has 0 spiro atoms. The molecule has 4 nitrogen and oxygen atoms in total. The molecule has 110 valence electrons. The molecule has 1 fully saturated rings. The molecule has 1 aliphatic rings. The molecule has 1 aromatic carbocycles. The minimum absolute atomic E-state index is 0.197. The molecule has 0 unspecified atom stereocenters. The van der Waals surface area contributed by atoms with Crippen molar-refractivity contribution in [2.45, 2.75) is 37.5 Å². The zero-order chi connectivity index (χ0) is 14.8. The number of carbonyl (C=O) groups is 1. The Labute approximate surface area is 117 Å². The topological polar surface area (TPSA) is 55.8 Å². The summed E-state index contributed by atoms with van der Waals surface area (Å²) in [6, 6.07) is 2.67. The average molecular weight is 282 g/mol. The molecule has 0 bridgehead atoms. The molecule has 5 heteroatoms. The predicted molar refractivity (Wildman–Crippen MR) is 71.9 cm³/mol. The fraction of sp³-hybridized carbons (Fsp3) is 0.533. The highest BCUT2D eigenvalue weighted by molar-refractivity contribution is 5.82. The minimum atomic E-state index is -1.15. The zero-order valence-corrected chi connectivity index (χ0v) is 11.7. The van der Waals surface area contributed by atoms with Crippen LogP contribution in [0.15, 0.2) is 12.1 Å². The highest BCUT2D eigenvalue weighted by Gasteiger charge is 2.43. The molecule has 2 rings (SSSR count). The van der Waals surface area contributed by atoms with Crippen molar-refractivity contribution in [3.8, 4) is 11.5 Å². The lowest BCUT2D eigenvalue weighted by atomic mass is 9.69. The van der Waals surface area contributed by atoms with Crippen molar-refractivity contribution in [1.82, 2.24) is 0 Å². The van der Waals surface area contributed by atoms with E-state index < -0.39 is 17.2 Å². The fourth-order valence-electron chi connectivity index (χ4n) is 2.97. The van der Waals surface area contributed by atoms with Crippen LogP contribution in [0, 0.1) is 5.82 Å². The first-order valence-corrected chi connectivity index (χ1v) is 6.70. The number of ether oxygens (including phenoxy) is 2. The lowest BCUT2D eigenvalue weighted by molar-refractivity contribution is -0.145. The van der Waals surface area contributed by atoms with Crippen molar-refractivity contribution in [1.29, 1.82) is 0 Å². The van der Waals surface area contributed by atoms with Crippen LogP contribution in [-0.2, 0) is 10.2 Å². The molecular formula is C15H19FO4. The molecular weight excluding hydrogens is 263 g/mol. The van der Waals surface area contributed by atoms with Crippen molar-refractivity contribution in [3.05, 3.63) is 23.5 Å². The summed E-state index contributed by atoms with van der Waals surface area (Å²) in [7, 11) is 2.87. The summed E-state index contributed by atoms with van der Waals surface area (Å²) in [5.41, 5.74) is -0.954. The first-order valence-electron chi connectivity index (χ1n) is 6.70. The van der Waals surface area contributed by atoms with Gasteiger partial charge in [-0.05, 0) is 18.9 Å². The van der Waals surface area contributed by atoms with Crippen LogP contribution < -0.4 is 9.47 Å². The van der Waals surface area contributed by atoms with E-state index in [1.807, 2.05) is 0 Å². The van der Waals surface area contributed by atoms with Gasteiger partial charge in [0.2, 0.25) is 0 Å². The van der Waals surface area contributed by atoms with E-state index in [0.717, 1.165) is 19.3 Å². The number of rotatable bonds is 4. The van der Waals surface area contributed by atoms with Gasteiger partial charge in [-0.1, -0.05) is 19.3 Å². The van der Waals surface area contributed by atoms with Gasteiger partial charge in [-0.2, -0.15) is 0 Å². The maximum absolute atomic E-state index is 14.3. The third kappa shape index (κ3) is 2.32. The van der Waals surface area contributed by atoms with Crippen molar-refractivity contribution >= 4 is 5.97 Å². The van der Waals surface area contributed by atoms with Crippen LogP contribution in [-0.4, -0.2) is 25.3 Å². The Balaban J connectivity index is 2.56. The SMILES string of the molecule is COc1cc(F)c(C2(C(=O)O)CCCCC2)cc1OC. The van der Waals surface area contributed by atoms with E-state index in [0.29, 0.717) is 18.6 Å². The minimum Gasteiger partial charge on any atom is -0.493 e. The summed E-state index contributed by atoms with van der Waals surface area (Å²) in [4.78, 5) is 11.7. The van der Waals surface area contributed by atoms with Crippen LogP contribution in [0.25, 0.3) is 0 Å². The van der Waals surface area contributed by atoms with Crippen LogP contribution in [0.4, 0.5) is 4.39 Å². The van der Waals surface area contributed by atoms with Crippen LogP contribution in [0.1, 0.15) is 37.7 Å². The summed E-state index contributed by atoms with van der Waals surface area (Å²) >= 11 is 0. The molecule has 0 aliphatic heterocycles. The largest absolute Gasteiger partial charge is 0.493 e. The van der Waals surface area contributed by atoms with Crippen molar-refractivity contribution < 1.29 is 23.8 Å². The van der Waals surface area contributed by atoms with Crippen molar-refractivity contribution in [2.75, 3.05) is 14.2 Å². The third-order valence-corrected chi connectivity index (χ3v) is 4.11. The quantitative estimate of drug-likeness (QED) is 0.921. The van der Waals surface area contributed by atoms with Gasteiger partial charge in [0.15, 0.2) is 11.5 Å². The van der Waals surface area contributed by atoms with Crippen LogP contribution in [0.2, 0.25) is 0 Å². The van der Waals surface area contributed by atoms with E-state index in [2.05, 4.69) is 0 Å². The first-order chi connectivity index (χ1) is 9.55. The van der Waals surface area contributed by atoms with Gasteiger partial charge < -0.3 is 14.6 Å². The number of aliphatic carboxylic acids is 1. The van der Waals surface area contributed by atoms with E-state index in [4.69, 9.17) is 9.47 Å². The number of hydrogen-bond donors (Lipinski definition) is 1. The molecule has 0 heterocycles. The molecule has 0 radical (unpaired) electrons. The maximum atomic E-state index is 14.3. The highest BCUT2D eigenvalue weighted by atomic mass is 19.1. The number of halogens is 1. The van der Waals surface area contributed by atoms with Gasteiger partial charge in [0.25, 0.3) is 0 Å². The van der Waals surface area contributed by atoms with Gasteiger partial charge in [-0.3, -0.25) is 4.79 Å². The van der Waals surface area contributed by atoms with E-state index in [9.17, 15) is 14.3 Å². The molecule has 1 saturated carbocycles. The highest BCUT2D eigenvalue weighted by Crippen LogP contribution is 2.43. The second-order valence-corrected chi connectivity index (χ2v) is 5.13. The number of carboxylic acids is 1. The second-order valence-electron chi connectivity index (χ2n) is 5.13. The Morgan fingerprint density at radius 1 is 1.15 bits per heavy atom. The monoisotopic (exact) mass is 282 g/mol. The maximum Gasteiger partial charge on any atom is 0.314 e. The number of carboxylic acid groups (broad SMARTS) is 1. The van der Waals surface area contributed by atoms with Gasteiger partial charge in [-0.25, -0.2) is 4.39 Å². The lowest BCUT2D eigenvalue weighted by Crippen LogP contribution is -2.38. The Hall–Kier alpha value is -1.78. The molecule has 20 heavy (non-hydrogen) atoms. The standard InChI is InChI=1S/C15H19FO4/c1-19-12-8-10(11(16)9-13(12)20-2)15(14(17)18)6-4-3-5-7-15/h8-9H,3-7H2,1-2H3,(H,17,18). The van der Waals surface area contributed by atoms with E-state index in [1.165, 1.54) is 26.4 Å². The average Bonchev–Trinajstić information content (AvgIpc) is 2.47. The van der Waals surface area contributed by atoms with E-state index >= 15 is 0 Å². The third-order valence-electron chi connectivity index (χ3n) is 4.11. The molecule has 0 amide bonds. The van der Waals surface area contributed by atoms with Crippen LogP contribution in [0.3, 0.4) is 0 Å². The summed E-state index contributed by atoms with van der Waals surface area (Å²) in [6.45, 7) is 0. The summed E-state index contributed by atoms with van der Waals surface area (Å²) in [5.74, 6) is -0.893. The Morgan fingerprint density at radius 3 is 2.20 bits per heavy atom. The van der Waals surface area contributed by atoms with Crippen molar-refractivity contribution in [3.63, 3.8) is 0 Å². The Kier molecular flexibility index (Phi) is 4.16. The number of hydrogen-bond acceptors (Lipinski definition) is 3.